The van der Waals surface area contributed by atoms with Crippen molar-refractivity contribution in [3.8, 4) is 0 Å². The third kappa shape index (κ3) is 4.56. The normalized spacial score (nSPS) is 13.7. The summed E-state index contributed by atoms with van der Waals surface area (Å²) in [6, 6.07) is 7.61. The van der Waals surface area contributed by atoms with Gasteiger partial charge in [0.1, 0.15) is 12.2 Å². The summed E-state index contributed by atoms with van der Waals surface area (Å²) in [7, 11) is 1.51. The molecule has 0 spiro atoms. The van der Waals surface area contributed by atoms with E-state index in [2.05, 4.69) is 12.2 Å². The predicted octanol–water partition coefficient (Wildman–Crippen LogP) is 2.94. The number of unbranched alkanes of at least 4 members (excludes halogenated alkanes) is 1. The zero-order valence-electron chi connectivity index (χ0n) is 11.8. The van der Waals surface area contributed by atoms with Crippen molar-refractivity contribution in [2.75, 3.05) is 7.05 Å². The number of carbonyl (C=O) groups excluding carboxylic acids is 1. The van der Waals surface area contributed by atoms with Gasteiger partial charge in [0.15, 0.2) is 0 Å². The Balaban J connectivity index is 2.83. The first kappa shape index (κ1) is 15.5. The Bertz CT molecular complexity index is 406. The molecule has 0 saturated heterocycles. The van der Waals surface area contributed by atoms with Crippen molar-refractivity contribution < 1.29 is 14.6 Å². The number of nitrogens with one attached hydrogen (secondary N) is 1. The molecule has 19 heavy (non-hydrogen) atoms. The Kier molecular flexibility index (Phi) is 6.36. The van der Waals surface area contributed by atoms with Gasteiger partial charge < -0.3 is 15.2 Å². The second kappa shape index (κ2) is 7.79. The van der Waals surface area contributed by atoms with Crippen LogP contribution >= 0.6 is 0 Å². The number of aliphatic hydroxyl groups is 1. The molecule has 2 atom stereocenters. The molecular formula is C15H23NO3. The molecule has 4 heteroatoms. The number of hydrogen-bond donors (Lipinski definition) is 2. The van der Waals surface area contributed by atoms with E-state index >= 15 is 0 Å². The van der Waals surface area contributed by atoms with Gasteiger partial charge in [0, 0.05) is 7.05 Å². The van der Waals surface area contributed by atoms with Gasteiger partial charge in [0.05, 0.1) is 0 Å². The highest BCUT2D eigenvalue weighted by Gasteiger charge is 2.25. The number of alkyl carbamates (subject to hydrolysis) is 1. The number of ether oxygens (including phenoxy) is 1. The number of benzene rings is 1. The van der Waals surface area contributed by atoms with Crippen molar-refractivity contribution in [2.24, 2.45) is 0 Å². The van der Waals surface area contributed by atoms with E-state index in [9.17, 15) is 9.90 Å². The molecule has 0 heterocycles. The number of amides is 1. The Labute approximate surface area is 114 Å². The van der Waals surface area contributed by atoms with Gasteiger partial charge >= 0.3 is 6.09 Å². The van der Waals surface area contributed by atoms with Crippen molar-refractivity contribution in [3.05, 3.63) is 35.4 Å². The molecule has 1 amide bonds. The zero-order chi connectivity index (χ0) is 14.3. The van der Waals surface area contributed by atoms with Crippen LogP contribution in [-0.2, 0) is 4.74 Å². The number of aliphatic hydroxyl groups excluding tert-OH is 1. The molecule has 2 unspecified atom stereocenters. The van der Waals surface area contributed by atoms with Gasteiger partial charge in [-0.25, -0.2) is 4.79 Å². The van der Waals surface area contributed by atoms with Gasteiger partial charge in [-0.3, -0.25) is 0 Å². The Hall–Kier alpha value is -1.55. The SMILES string of the molecule is CCCCC(OC(=O)NC)C(O)c1ccccc1C. The molecule has 1 rings (SSSR count). The van der Waals surface area contributed by atoms with Crippen LogP contribution in [0.2, 0.25) is 0 Å². The molecule has 0 aliphatic carbocycles. The first-order valence-corrected chi connectivity index (χ1v) is 6.72. The smallest absolute Gasteiger partial charge is 0.407 e. The van der Waals surface area contributed by atoms with E-state index in [-0.39, 0.29) is 0 Å². The summed E-state index contributed by atoms with van der Waals surface area (Å²) in [6.45, 7) is 4.01. The molecule has 0 radical (unpaired) electrons. The molecule has 0 fully saturated rings. The maximum absolute atomic E-state index is 11.4. The number of aryl methyl sites for hydroxylation is 1. The minimum Gasteiger partial charge on any atom is -0.443 e. The molecule has 0 aliphatic rings. The van der Waals surface area contributed by atoms with Crippen molar-refractivity contribution in [2.45, 2.75) is 45.3 Å². The summed E-state index contributed by atoms with van der Waals surface area (Å²) < 4.78 is 5.27. The van der Waals surface area contributed by atoms with E-state index in [4.69, 9.17) is 4.74 Å². The van der Waals surface area contributed by atoms with E-state index in [0.717, 1.165) is 24.0 Å². The van der Waals surface area contributed by atoms with Gasteiger partial charge in [-0.2, -0.15) is 0 Å². The molecule has 1 aromatic rings. The van der Waals surface area contributed by atoms with Crippen LogP contribution in [0.5, 0.6) is 0 Å². The maximum atomic E-state index is 11.4. The molecule has 0 saturated carbocycles. The van der Waals surface area contributed by atoms with Gasteiger partial charge in [-0.15, -0.1) is 0 Å². The number of carbonyl (C=O) groups is 1. The average molecular weight is 265 g/mol. The van der Waals surface area contributed by atoms with Gasteiger partial charge in [0.25, 0.3) is 0 Å². The van der Waals surface area contributed by atoms with Crippen molar-refractivity contribution in [1.82, 2.24) is 5.32 Å². The lowest BCUT2D eigenvalue weighted by molar-refractivity contribution is -0.00346. The Morgan fingerprint density at radius 2 is 2.11 bits per heavy atom. The van der Waals surface area contributed by atoms with Crippen LogP contribution in [0.1, 0.15) is 43.4 Å². The van der Waals surface area contributed by atoms with Crippen LogP contribution in [0.25, 0.3) is 0 Å². The second-order valence-electron chi connectivity index (χ2n) is 4.64. The summed E-state index contributed by atoms with van der Waals surface area (Å²) in [5.74, 6) is 0. The van der Waals surface area contributed by atoms with E-state index in [0.29, 0.717) is 6.42 Å². The lowest BCUT2D eigenvalue weighted by Gasteiger charge is -2.24. The fraction of sp³-hybridized carbons (Fsp3) is 0.533. The largest absolute Gasteiger partial charge is 0.443 e. The highest BCUT2D eigenvalue weighted by atomic mass is 16.6. The highest BCUT2D eigenvalue weighted by molar-refractivity contribution is 5.66. The fourth-order valence-electron chi connectivity index (χ4n) is 2.00. The van der Waals surface area contributed by atoms with E-state index < -0.39 is 18.3 Å². The number of hydrogen-bond acceptors (Lipinski definition) is 3. The standard InChI is InChI=1S/C15H23NO3/c1-4-5-10-13(19-15(18)16-3)14(17)12-9-7-6-8-11(12)2/h6-9,13-14,17H,4-5,10H2,1-3H3,(H,16,18). The third-order valence-electron chi connectivity index (χ3n) is 3.16. The molecule has 4 nitrogen and oxygen atoms in total. The van der Waals surface area contributed by atoms with Crippen molar-refractivity contribution >= 4 is 6.09 Å². The van der Waals surface area contributed by atoms with Crippen molar-refractivity contribution in [1.29, 1.82) is 0 Å². The summed E-state index contributed by atoms with van der Waals surface area (Å²) in [5.41, 5.74) is 1.81. The zero-order valence-corrected chi connectivity index (χ0v) is 11.8. The summed E-state index contributed by atoms with van der Waals surface area (Å²) in [6.07, 6.45) is 0.748. The van der Waals surface area contributed by atoms with Gasteiger partial charge in [-0.1, -0.05) is 37.6 Å². The van der Waals surface area contributed by atoms with Crippen LogP contribution in [0.4, 0.5) is 4.79 Å². The summed E-state index contributed by atoms with van der Waals surface area (Å²) >= 11 is 0. The Morgan fingerprint density at radius 1 is 1.42 bits per heavy atom. The van der Waals surface area contributed by atoms with Crippen LogP contribution in [0.3, 0.4) is 0 Å². The van der Waals surface area contributed by atoms with Crippen molar-refractivity contribution in [3.63, 3.8) is 0 Å². The van der Waals surface area contributed by atoms with Crippen LogP contribution in [-0.4, -0.2) is 24.4 Å². The lowest BCUT2D eigenvalue weighted by atomic mass is 9.96. The highest BCUT2D eigenvalue weighted by Crippen LogP contribution is 2.25. The quantitative estimate of drug-likeness (QED) is 0.831. The van der Waals surface area contributed by atoms with Crippen LogP contribution < -0.4 is 5.32 Å². The van der Waals surface area contributed by atoms with Crippen LogP contribution in [0, 0.1) is 6.92 Å². The monoisotopic (exact) mass is 265 g/mol. The van der Waals surface area contributed by atoms with Gasteiger partial charge in [0.2, 0.25) is 0 Å². The molecule has 106 valence electrons. The maximum Gasteiger partial charge on any atom is 0.407 e. The fourth-order valence-corrected chi connectivity index (χ4v) is 2.00. The topological polar surface area (TPSA) is 58.6 Å². The first-order chi connectivity index (χ1) is 9.10. The van der Waals surface area contributed by atoms with E-state index in [1.54, 1.807) is 0 Å². The molecule has 0 aromatic heterocycles. The molecule has 1 aromatic carbocycles. The summed E-state index contributed by atoms with van der Waals surface area (Å²) in [5, 5.41) is 12.8. The molecular weight excluding hydrogens is 242 g/mol. The minimum absolute atomic E-state index is 0.506. The number of rotatable bonds is 6. The lowest BCUT2D eigenvalue weighted by Crippen LogP contribution is -2.30. The average Bonchev–Trinajstić information content (AvgIpc) is 2.43. The third-order valence-corrected chi connectivity index (χ3v) is 3.16. The van der Waals surface area contributed by atoms with E-state index in [1.807, 2.05) is 31.2 Å². The van der Waals surface area contributed by atoms with Gasteiger partial charge in [-0.05, 0) is 30.9 Å². The minimum atomic E-state index is -0.787. The molecule has 2 N–H and O–H groups in total. The molecule has 0 bridgehead atoms. The predicted molar refractivity (Wildman–Crippen MR) is 75.0 cm³/mol. The first-order valence-electron chi connectivity index (χ1n) is 6.72. The molecule has 0 aliphatic heterocycles. The second-order valence-corrected chi connectivity index (χ2v) is 4.64. The summed E-state index contributed by atoms with van der Waals surface area (Å²) in [4.78, 5) is 11.4. The Morgan fingerprint density at radius 3 is 2.68 bits per heavy atom. The van der Waals surface area contributed by atoms with E-state index in [1.165, 1.54) is 7.05 Å². The van der Waals surface area contributed by atoms with Crippen LogP contribution in [0.15, 0.2) is 24.3 Å².